The number of imide groups is 1. The van der Waals surface area contributed by atoms with Crippen LogP contribution in [0.2, 0.25) is 0 Å². The first-order valence-corrected chi connectivity index (χ1v) is 9.50. The molecule has 3 amide bonds. The maximum Gasteiger partial charge on any atom is 0.387 e. The summed E-state index contributed by atoms with van der Waals surface area (Å²) >= 11 is 0.724. The zero-order chi connectivity index (χ0) is 21.7. The molecule has 0 atom stereocenters. The minimum Gasteiger partial charge on any atom is -0.435 e. The molecule has 3 rings (SSSR count). The number of nitrogens with zero attached hydrogens (tertiary/aromatic N) is 1. The van der Waals surface area contributed by atoms with E-state index in [0.717, 1.165) is 22.7 Å². The van der Waals surface area contributed by atoms with E-state index in [4.69, 9.17) is 0 Å². The molecule has 156 valence electrons. The number of halogens is 3. The molecular formula is C20H15F3N2O4S. The molecular weight excluding hydrogens is 421 g/mol. The van der Waals surface area contributed by atoms with Gasteiger partial charge in [-0.2, -0.15) is 8.78 Å². The van der Waals surface area contributed by atoms with Gasteiger partial charge in [0.25, 0.3) is 17.1 Å². The number of hydrogen-bond acceptors (Lipinski definition) is 5. The Balaban J connectivity index is 1.58. The molecule has 1 N–H and O–H groups in total. The summed E-state index contributed by atoms with van der Waals surface area (Å²) in [5.74, 6) is -1.89. The predicted molar refractivity (Wildman–Crippen MR) is 104 cm³/mol. The lowest BCUT2D eigenvalue weighted by molar-refractivity contribution is -0.122. The van der Waals surface area contributed by atoms with E-state index in [0.29, 0.717) is 5.56 Å². The molecule has 2 aromatic rings. The minimum absolute atomic E-state index is 0.0270. The molecule has 0 aromatic heterocycles. The van der Waals surface area contributed by atoms with E-state index < -0.39 is 29.5 Å². The van der Waals surface area contributed by atoms with E-state index in [-0.39, 0.29) is 29.3 Å². The van der Waals surface area contributed by atoms with E-state index in [1.807, 2.05) is 0 Å². The van der Waals surface area contributed by atoms with Gasteiger partial charge in [0.2, 0.25) is 0 Å². The van der Waals surface area contributed by atoms with E-state index in [9.17, 15) is 27.6 Å². The lowest BCUT2D eigenvalue weighted by atomic mass is 10.2. The van der Waals surface area contributed by atoms with Crippen LogP contribution in [0.3, 0.4) is 0 Å². The zero-order valence-electron chi connectivity index (χ0n) is 15.3. The first-order valence-electron chi connectivity index (χ1n) is 8.68. The summed E-state index contributed by atoms with van der Waals surface area (Å²) in [5, 5.41) is 1.95. The van der Waals surface area contributed by atoms with Crippen molar-refractivity contribution in [1.82, 2.24) is 10.2 Å². The van der Waals surface area contributed by atoms with Crippen LogP contribution in [0.25, 0.3) is 6.08 Å². The van der Waals surface area contributed by atoms with Gasteiger partial charge in [0.15, 0.2) is 0 Å². The lowest BCUT2D eigenvalue weighted by Crippen LogP contribution is -2.37. The average Bonchev–Trinajstić information content (AvgIpc) is 2.96. The standard InChI is InChI=1S/C20H15F3N2O4S/c21-15-4-2-1-3-14(15)17(26)24-9-10-25-18(27)16(30-20(25)28)11-12-5-7-13(8-6-12)29-19(22)23/h1-8,11,19H,9-10H2,(H,24,26). The van der Waals surface area contributed by atoms with Gasteiger partial charge in [0, 0.05) is 13.1 Å². The molecule has 10 heteroatoms. The van der Waals surface area contributed by atoms with Crippen molar-refractivity contribution in [2.45, 2.75) is 6.61 Å². The maximum absolute atomic E-state index is 13.6. The van der Waals surface area contributed by atoms with Crippen LogP contribution in [0.1, 0.15) is 15.9 Å². The fourth-order valence-corrected chi connectivity index (χ4v) is 3.48. The number of alkyl halides is 2. The third kappa shape index (κ3) is 5.20. The van der Waals surface area contributed by atoms with Gasteiger partial charge in [-0.1, -0.05) is 24.3 Å². The average molecular weight is 436 g/mol. The fourth-order valence-electron chi connectivity index (χ4n) is 2.61. The molecule has 30 heavy (non-hydrogen) atoms. The van der Waals surface area contributed by atoms with Crippen molar-refractivity contribution in [3.63, 3.8) is 0 Å². The summed E-state index contributed by atoms with van der Waals surface area (Å²) in [5.41, 5.74) is 0.390. The minimum atomic E-state index is -2.94. The van der Waals surface area contributed by atoms with Crippen molar-refractivity contribution in [3.05, 3.63) is 70.4 Å². The summed E-state index contributed by atoms with van der Waals surface area (Å²) in [6.07, 6.45) is 1.45. The van der Waals surface area contributed by atoms with Crippen LogP contribution in [0.4, 0.5) is 18.0 Å². The van der Waals surface area contributed by atoms with Crippen molar-refractivity contribution in [2.75, 3.05) is 13.1 Å². The van der Waals surface area contributed by atoms with Crippen molar-refractivity contribution in [1.29, 1.82) is 0 Å². The second kappa shape index (κ2) is 9.49. The molecule has 0 aliphatic carbocycles. The van der Waals surface area contributed by atoms with Gasteiger partial charge in [-0.05, 0) is 47.7 Å². The van der Waals surface area contributed by atoms with Gasteiger partial charge in [0.05, 0.1) is 10.5 Å². The van der Waals surface area contributed by atoms with Gasteiger partial charge in [0.1, 0.15) is 11.6 Å². The Morgan fingerprint density at radius 2 is 1.83 bits per heavy atom. The van der Waals surface area contributed by atoms with Gasteiger partial charge in [-0.25, -0.2) is 4.39 Å². The Morgan fingerprint density at radius 1 is 1.13 bits per heavy atom. The van der Waals surface area contributed by atoms with Crippen LogP contribution in [0.15, 0.2) is 53.4 Å². The SMILES string of the molecule is O=C(NCCN1C(=O)SC(=Cc2ccc(OC(F)F)cc2)C1=O)c1ccccc1F. The van der Waals surface area contributed by atoms with Gasteiger partial charge < -0.3 is 10.1 Å². The van der Waals surface area contributed by atoms with E-state index in [1.165, 1.54) is 48.5 Å². The Hall–Kier alpha value is -3.27. The monoisotopic (exact) mass is 436 g/mol. The summed E-state index contributed by atoms with van der Waals surface area (Å²) in [7, 11) is 0. The smallest absolute Gasteiger partial charge is 0.387 e. The molecule has 0 saturated carbocycles. The summed E-state index contributed by atoms with van der Waals surface area (Å²) in [6, 6.07) is 11.0. The molecule has 1 heterocycles. The number of carbonyl (C=O) groups is 3. The number of carbonyl (C=O) groups excluding carboxylic acids is 3. The molecule has 2 aromatic carbocycles. The number of amides is 3. The quantitative estimate of drug-likeness (QED) is 0.667. The Bertz CT molecular complexity index is 996. The van der Waals surface area contributed by atoms with Crippen LogP contribution in [-0.4, -0.2) is 41.7 Å². The van der Waals surface area contributed by atoms with Gasteiger partial charge in [-0.3, -0.25) is 19.3 Å². The first kappa shape index (κ1) is 21.4. The number of thioether (sulfide) groups is 1. The zero-order valence-corrected chi connectivity index (χ0v) is 16.1. The molecule has 6 nitrogen and oxygen atoms in total. The number of benzene rings is 2. The summed E-state index contributed by atoms with van der Waals surface area (Å²) in [6.45, 7) is -3.06. The highest BCUT2D eigenvalue weighted by atomic mass is 32.2. The van der Waals surface area contributed by atoms with Crippen molar-refractivity contribution >= 4 is 34.9 Å². The molecule has 1 aliphatic rings. The number of ether oxygens (including phenoxy) is 1. The van der Waals surface area contributed by atoms with Crippen molar-refractivity contribution in [3.8, 4) is 5.75 Å². The third-order valence-electron chi connectivity index (χ3n) is 4.02. The molecule has 1 saturated heterocycles. The molecule has 1 aliphatic heterocycles. The van der Waals surface area contributed by atoms with Crippen LogP contribution in [-0.2, 0) is 4.79 Å². The van der Waals surface area contributed by atoms with E-state index in [1.54, 1.807) is 0 Å². The molecule has 0 bridgehead atoms. The fraction of sp³-hybridized carbons (Fsp3) is 0.150. The molecule has 1 fully saturated rings. The Kier molecular flexibility index (Phi) is 6.78. The Labute approximate surface area is 173 Å². The highest BCUT2D eigenvalue weighted by Gasteiger charge is 2.34. The largest absolute Gasteiger partial charge is 0.435 e. The topological polar surface area (TPSA) is 75.7 Å². The molecule has 0 unspecified atom stereocenters. The highest BCUT2D eigenvalue weighted by Crippen LogP contribution is 2.32. The van der Waals surface area contributed by atoms with Crippen molar-refractivity contribution < 1.29 is 32.3 Å². The number of nitrogens with one attached hydrogen (secondary N) is 1. The molecule has 0 radical (unpaired) electrons. The van der Waals surface area contributed by atoms with Crippen LogP contribution in [0, 0.1) is 5.82 Å². The van der Waals surface area contributed by atoms with E-state index >= 15 is 0 Å². The van der Waals surface area contributed by atoms with Gasteiger partial charge in [-0.15, -0.1) is 0 Å². The van der Waals surface area contributed by atoms with Crippen LogP contribution < -0.4 is 10.1 Å². The number of rotatable bonds is 7. The maximum atomic E-state index is 13.6. The van der Waals surface area contributed by atoms with Crippen molar-refractivity contribution in [2.24, 2.45) is 0 Å². The normalized spacial score (nSPS) is 15.2. The van der Waals surface area contributed by atoms with Crippen LogP contribution in [0.5, 0.6) is 5.75 Å². The first-order chi connectivity index (χ1) is 14.3. The third-order valence-corrected chi connectivity index (χ3v) is 4.92. The molecule has 0 spiro atoms. The highest BCUT2D eigenvalue weighted by molar-refractivity contribution is 8.18. The van der Waals surface area contributed by atoms with Crippen LogP contribution >= 0.6 is 11.8 Å². The number of hydrogen-bond donors (Lipinski definition) is 1. The predicted octanol–water partition coefficient (Wildman–Crippen LogP) is 3.89. The lowest BCUT2D eigenvalue weighted by Gasteiger charge is -2.13. The van der Waals surface area contributed by atoms with E-state index in [2.05, 4.69) is 10.1 Å². The second-order valence-corrected chi connectivity index (χ2v) is 7.01. The summed E-state index contributed by atoms with van der Waals surface area (Å²) < 4.78 is 42.2. The summed E-state index contributed by atoms with van der Waals surface area (Å²) in [4.78, 5) is 37.7. The Morgan fingerprint density at radius 3 is 2.50 bits per heavy atom. The second-order valence-electron chi connectivity index (χ2n) is 6.02. The van der Waals surface area contributed by atoms with Gasteiger partial charge >= 0.3 is 6.61 Å².